The zero-order valence-corrected chi connectivity index (χ0v) is 22.8. The molecule has 7 nitrogen and oxygen atoms in total. The maximum absolute atomic E-state index is 14.8. The Kier molecular flexibility index (Phi) is 14.5. The van der Waals surface area contributed by atoms with Crippen LogP contribution < -0.4 is 0 Å². The Morgan fingerprint density at radius 2 is 0.655 bits per heavy atom. The first-order valence-electron chi connectivity index (χ1n) is 11.8. The van der Waals surface area contributed by atoms with Gasteiger partial charge in [-0.25, -0.2) is 23.4 Å². The molecule has 9 heteroatoms. The molecule has 0 heterocycles. The number of nitrogens with zero attached hydrogens (tertiary/aromatic N) is 6. The summed E-state index contributed by atoms with van der Waals surface area (Å²) in [6, 6.07) is 0. The lowest BCUT2D eigenvalue weighted by atomic mass is 10.7. The van der Waals surface area contributed by atoms with Gasteiger partial charge in [-0.15, -0.1) is 0 Å². The Bertz CT molecular complexity index is 471. The smallest absolute Gasteiger partial charge is 0.262 e. The van der Waals surface area contributed by atoms with E-state index in [1.807, 2.05) is 0 Å². The quantitative estimate of drug-likeness (QED) is 0.278. The molecule has 0 saturated heterocycles. The summed E-state index contributed by atoms with van der Waals surface area (Å²) in [5, 5.41) is 0. The summed E-state index contributed by atoms with van der Waals surface area (Å²) < 4.78 is 32.0. The van der Waals surface area contributed by atoms with Crippen LogP contribution in [0.25, 0.3) is 0 Å². The molecule has 0 unspecified atom stereocenters. The average Bonchev–Trinajstić information content (AvgIpc) is 2.72. The van der Waals surface area contributed by atoms with Gasteiger partial charge in [0.15, 0.2) is 7.51 Å². The predicted molar refractivity (Wildman–Crippen MR) is 132 cm³/mol. The van der Waals surface area contributed by atoms with Crippen molar-refractivity contribution < 1.29 is 4.57 Å². The van der Waals surface area contributed by atoms with Gasteiger partial charge in [-0.05, 0) is 0 Å². The second kappa shape index (κ2) is 14.3. The molecule has 0 aliphatic heterocycles. The van der Waals surface area contributed by atoms with Crippen LogP contribution in [0, 0.1) is 0 Å². The van der Waals surface area contributed by atoms with E-state index in [0.717, 1.165) is 65.4 Å². The van der Waals surface area contributed by atoms with Crippen molar-refractivity contribution in [3.63, 3.8) is 0 Å². The first-order chi connectivity index (χ1) is 13.8. The van der Waals surface area contributed by atoms with Gasteiger partial charge in [0.05, 0.1) is 0 Å². The highest BCUT2D eigenvalue weighted by molar-refractivity contribution is 7.70. The SMILES string of the molecule is CCN(CC)P(=O)(N=P(N(CC)CC)(N(CC)CC)N(CC)CC)N(CC)CC. The zero-order valence-electron chi connectivity index (χ0n) is 21.1. The topological polar surface area (TPSA) is 45.6 Å². The lowest BCUT2D eigenvalue weighted by Gasteiger charge is -2.50. The number of rotatable bonds is 16. The van der Waals surface area contributed by atoms with Crippen molar-refractivity contribution in [3.8, 4) is 0 Å². The van der Waals surface area contributed by atoms with Crippen LogP contribution in [-0.4, -0.2) is 88.8 Å². The fourth-order valence-corrected chi connectivity index (χ4v) is 12.8. The molecule has 0 fully saturated rings. The third-order valence-electron chi connectivity index (χ3n) is 5.76. The molecule has 0 saturated carbocycles. The minimum Gasteiger partial charge on any atom is -0.262 e. The minimum absolute atomic E-state index is 0.739. The maximum atomic E-state index is 14.8. The Morgan fingerprint density at radius 1 is 0.448 bits per heavy atom. The fourth-order valence-electron chi connectivity index (χ4n) is 4.15. The Morgan fingerprint density at radius 3 is 0.828 bits per heavy atom. The number of hydrogen-bond acceptors (Lipinski definition) is 1. The summed E-state index contributed by atoms with van der Waals surface area (Å²) in [7, 11) is -5.42. The first kappa shape index (κ1) is 29.3. The van der Waals surface area contributed by atoms with Gasteiger partial charge >= 0.3 is 7.59 Å². The summed E-state index contributed by atoms with van der Waals surface area (Å²) in [5.74, 6) is 0. The van der Waals surface area contributed by atoms with Gasteiger partial charge < -0.3 is 0 Å². The van der Waals surface area contributed by atoms with Gasteiger partial charge in [-0.2, -0.15) is 4.52 Å². The highest BCUT2D eigenvalue weighted by Crippen LogP contribution is 2.69. The van der Waals surface area contributed by atoms with Crippen LogP contribution in [0.15, 0.2) is 4.52 Å². The van der Waals surface area contributed by atoms with Crippen molar-refractivity contribution >= 4 is 15.1 Å². The molecule has 0 aromatic rings. The molecule has 0 rings (SSSR count). The van der Waals surface area contributed by atoms with Crippen molar-refractivity contribution in [2.75, 3.05) is 65.4 Å². The van der Waals surface area contributed by atoms with Crippen molar-refractivity contribution in [2.24, 2.45) is 4.52 Å². The largest absolute Gasteiger partial charge is 0.331 e. The molecule has 0 radical (unpaired) electrons. The highest BCUT2D eigenvalue weighted by Gasteiger charge is 2.43. The van der Waals surface area contributed by atoms with E-state index in [1.54, 1.807) is 0 Å². The van der Waals surface area contributed by atoms with Gasteiger partial charge in [0.1, 0.15) is 0 Å². The fraction of sp³-hybridized carbons (Fsp3) is 1.00. The second-order valence-electron chi connectivity index (χ2n) is 6.83. The lowest BCUT2D eigenvalue weighted by molar-refractivity contribution is 0.333. The summed E-state index contributed by atoms with van der Waals surface area (Å²) in [5.41, 5.74) is 0. The van der Waals surface area contributed by atoms with E-state index in [2.05, 4.69) is 92.6 Å². The van der Waals surface area contributed by atoms with Crippen LogP contribution in [0.3, 0.4) is 0 Å². The summed E-state index contributed by atoms with van der Waals surface area (Å²) in [6.45, 7) is 30.0. The van der Waals surface area contributed by atoms with Crippen LogP contribution in [0.4, 0.5) is 0 Å². The van der Waals surface area contributed by atoms with Crippen LogP contribution >= 0.6 is 15.1 Å². The summed E-state index contributed by atoms with van der Waals surface area (Å²) in [6.07, 6.45) is 0. The Balaban J connectivity index is 7.40. The zero-order chi connectivity index (χ0) is 22.7. The molecule has 0 aromatic heterocycles. The van der Waals surface area contributed by atoms with E-state index in [9.17, 15) is 4.57 Å². The van der Waals surface area contributed by atoms with Gasteiger partial charge in [-0.1, -0.05) is 69.2 Å². The molecule has 0 spiro atoms. The highest BCUT2D eigenvalue weighted by atomic mass is 31.2. The van der Waals surface area contributed by atoms with Crippen molar-refractivity contribution in [2.45, 2.75) is 69.2 Å². The molecule has 176 valence electrons. The molecule has 0 aliphatic carbocycles. The molecule has 0 aromatic carbocycles. The Labute approximate surface area is 182 Å². The van der Waals surface area contributed by atoms with Gasteiger partial charge in [0.25, 0.3) is 0 Å². The average molecular weight is 453 g/mol. The molecule has 29 heavy (non-hydrogen) atoms. The van der Waals surface area contributed by atoms with E-state index < -0.39 is 15.1 Å². The molecular weight excluding hydrogens is 402 g/mol. The van der Waals surface area contributed by atoms with E-state index in [0.29, 0.717) is 0 Å². The van der Waals surface area contributed by atoms with Crippen LogP contribution in [0.2, 0.25) is 0 Å². The molecule has 0 aliphatic rings. The van der Waals surface area contributed by atoms with E-state index >= 15 is 0 Å². The molecule has 0 amide bonds. The van der Waals surface area contributed by atoms with Crippen molar-refractivity contribution in [1.82, 2.24) is 23.4 Å². The van der Waals surface area contributed by atoms with Crippen molar-refractivity contribution in [3.05, 3.63) is 0 Å². The van der Waals surface area contributed by atoms with E-state index in [1.165, 1.54) is 0 Å². The van der Waals surface area contributed by atoms with E-state index in [-0.39, 0.29) is 0 Å². The normalized spacial score (nSPS) is 13.5. The summed E-state index contributed by atoms with van der Waals surface area (Å²) >= 11 is 0. The first-order valence-corrected chi connectivity index (χ1v) is 15.0. The monoisotopic (exact) mass is 452 g/mol. The summed E-state index contributed by atoms with van der Waals surface area (Å²) in [4.78, 5) is 0. The third kappa shape index (κ3) is 6.16. The van der Waals surface area contributed by atoms with Crippen LogP contribution in [-0.2, 0) is 4.57 Å². The minimum atomic E-state index is -3.09. The van der Waals surface area contributed by atoms with Gasteiger partial charge in [0.2, 0.25) is 0 Å². The van der Waals surface area contributed by atoms with Gasteiger partial charge in [-0.3, -0.25) is 4.57 Å². The standard InChI is InChI=1S/C20H50N6OP2/c1-11-22(12-2)28(23(13-3)14-4,24(15-5)16-6)21-29(27,25(17-7)18-8)26(19-9)20-10/h11-20H2,1-10H3. The van der Waals surface area contributed by atoms with Crippen LogP contribution in [0.1, 0.15) is 69.2 Å². The molecular formula is C20H50N6OP2. The second-order valence-corrected chi connectivity index (χ2v) is 12.5. The molecule has 0 atom stereocenters. The van der Waals surface area contributed by atoms with Gasteiger partial charge in [0, 0.05) is 65.4 Å². The van der Waals surface area contributed by atoms with Crippen molar-refractivity contribution in [1.29, 1.82) is 0 Å². The lowest BCUT2D eigenvalue weighted by Crippen LogP contribution is -2.42. The number of hydrogen-bond donors (Lipinski definition) is 0. The van der Waals surface area contributed by atoms with Crippen LogP contribution in [0.5, 0.6) is 0 Å². The predicted octanol–water partition coefficient (Wildman–Crippen LogP) is 5.75. The Hall–Kier alpha value is 0.260. The molecule has 0 N–H and O–H groups in total. The van der Waals surface area contributed by atoms with E-state index in [4.69, 9.17) is 4.52 Å². The maximum Gasteiger partial charge on any atom is 0.331 e. The third-order valence-corrected chi connectivity index (χ3v) is 14.2. The molecule has 0 bridgehead atoms.